The summed E-state index contributed by atoms with van der Waals surface area (Å²) in [6.07, 6.45) is 9.12. The molecule has 0 radical (unpaired) electrons. The first-order chi connectivity index (χ1) is 9.17. The normalized spacial score (nSPS) is 19.7. The minimum atomic E-state index is -0.192. The molecule has 0 aromatic heterocycles. The Morgan fingerprint density at radius 2 is 1.74 bits per heavy atom. The highest BCUT2D eigenvalue weighted by Gasteiger charge is 2.30. The lowest BCUT2D eigenvalue weighted by Crippen LogP contribution is -2.34. The summed E-state index contributed by atoms with van der Waals surface area (Å²) in [5.74, 6) is -0.192. The van der Waals surface area contributed by atoms with Crippen LogP contribution in [0.15, 0.2) is 18.2 Å². The van der Waals surface area contributed by atoms with Crippen LogP contribution in [-0.2, 0) is 6.42 Å². The Bertz CT molecular complexity index is 391. The van der Waals surface area contributed by atoms with Crippen molar-refractivity contribution in [2.75, 3.05) is 6.54 Å². The van der Waals surface area contributed by atoms with Crippen molar-refractivity contribution < 1.29 is 4.39 Å². The smallest absolute Gasteiger partial charge is 0.127 e. The summed E-state index contributed by atoms with van der Waals surface area (Å²) in [5, 5.41) is 0.537. The van der Waals surface area contributed by atoms with Crippen LogP contribution in [-0.4, -0.2) is 6.54 Å². The molecule has 3 heteroatoms. The molecule has 0 spiro atoms. The number of hydrogen-bond donors (Lipinski definition) is 1. The van der Waals surface area contributed by atoms with Crippen LogP contribution in [0.2, 0.25) is 5.02 Å². The molecule has 2 rings (SSSR count). The van der Waals surface area contributed by atoms with Gasteiger partial charge < -0.3 is 5.73 Å². The van der Waals surface area contributed by atoms with Crippen molar-refractivity contribution in [3.8, 4) is 0 Å². The van der Waals surface area contributed by atoms with E-state index in [9.17, 15) is 4.39 Å². The first-order valence-corrected chi connectivity index (χ1v) is 7.68. The van der Waals surface area contributed by atoms with Crippen LogP contribution in [0.5, 0.6) is 0 Å². The molecule has 2 N–H and O–H groups in total. The standard InChI is InChI=1S/C16H23ClFN/c17-14-7-6-8-15(18)13(14)11-16(12-19)9-4-2-1-3-5-10-16/h6-8H,1-5,9-12,19H2. The van der Waals surface area contributed by atoms with E-state index in [1.807, 2.05) is 0 Å². The van der Waals surface area contributed by atoms with Gasteiger partial charge in [0.2, 0.25) is 0 Å². The largest absolute Gasteiger partial charge is 0.330 e. The molecule has 1 aliphatic rings. The van der Waals surface area contributed by atoms with Crippen molar-refractivity contribution in [3.05, 3.63) is 34.6 Å². The third kappa shape index (κ3) is 3.70. The van der Waals surface area contributed by atoms with E-state index in [2.05, 4.69) is 0 Å². The lowest BCUT2D eigenvalue weighted by atomic mass is 9.72. The van der Waals surface area contributed by atoms with E-state index in [1.54, 1.807) is 12.1 Å². The Morgan fingerprint density at radius 3 is 2.32 bits per heavy atom. The van der Waals surface area contributed by atoms with Crippen LogP contribution in [0.3, 0.4) is 0 Å². The minimum Gasteiger partial charge on any atom is -0.330 e. The van der Waals surface area contributed by atoms with E-state index in [4.69, 9.17) is 17.3 Å². The fourth-order valence-electron chi connectivity index (χ4n) is 3.18. The highest BCUT2D eigenvalue weighted by molar-refractivity contribution is 6.31. The summed E-state index contributed by atoms with van der Waals surface area (Å²) >= 11 is 6.16. The Hall–Kier alpha value is -0.600. The maximum atomic E-state index is 14.0. The van der Waals surface area contributed by atoms with Crippen LogP contribution in [0, 0.1) is 11.2 Å². The molecule has 0 heterocycles. The van der Waals surface area contributed by atoms with E-state index in [1.165, 1.54) is 38.2 Å². The van der Waals surface area contributed by atoms with Gasteiger partial charge in [-0.05, 0) is 43.4 Å². The number of benzene rings is 1. The van der Waals surface area contributed by atoms with Gasteiger partial charge in [0.1, 0.15) is 5.82 Å². The SMILES string of the molecule is NCC1(Cc2c(F)cccc2Cl)CCCCCCC1. The average Bonchev–Trinajstić information content (AvgIpc) is 2.37. The second kappa shape index (κ2) is 6.71. The van der Waals surface area contributed by atoms with Gasteiger partial charge in [0.05, 0.1) is 0 Å². The lowest BCUT2D eigenvalue weighted by Gasteiger charge is -2.35. The Kier molecular flexibility index (Phi) is 5.23. The van der Waals surface area contributed by atoms with Gasteiger partial charge in [0, 0.05) is 10.6 Å². The zero-order valence-electron chi connectivity index (χ0n) is 11.4. The van der Waals surface area contributed by atoms with Crippen molar-refractivity contribution in [2.24, 2.45) is 11.1 Å². The zero-order chi connectivity index (χ0) is 13.7. The maximum Gasteiger partial charge on any atom is 0.127 e. The third-order valence-corrected chi connectivity index (χ3v) is 4.81. The molecule has 1 nitrogen and oxygen atoms in total. The van der Waals surface area contributed by atoms with Crippen molar-refractivity contribution in [3.63, 3.8) is 0 Å². The molecule has 0 saturated heterocycles. The average molecular weight is 284 g/mol. The predicted molar refractivity (Wildman–Crippen MR) is 78.9 cm³/mol. The number of hydrogen-bond acceptors (Lipinski definition) is 1. The Balaban J connectivity index is 2.20. The van der Waals surface area contributed by atoms with Crippen LogP contribution in [0.25, 0.3) is 0 Å². The van der Waals surface area contributed by atoms with Gasteiger partial charge in [-0.2, -0.15) is 0 Å². The number of halogens is 2. The van der Waals surface area contributed by atoms with Crippen LogP contribution >= 0.6 is 11.6 Å². The molecule has 0 aliphatic heterocycles. The molecule has 0 atom stereocenters. The highest BCUT2D eigenvalue weighted by Crippen LogP contribution is 2.38. The quantitative estimate of drug-likeness (QED) is 0.854. The van der Waals surface area contributed by atoms with Gasteiger partial charge in [0.15, 0.2) is 0 Å². The van der Waals surface area contributed by atoms with Gasteiger partial charge in [0.25, 0.3) is 0 Å². The maximum absolute atomic E-state index is 14.0. The van der Waals surface area contributed by atoms with Crippen molar-refractivity contribution in [1.82, 2.24) is 0 Å². The molecule has 0 amide bonds. The fourth-order valence-corrected chi connectivity index (χ4v) is 3.41. The molecule has 19 heavy (non-hydrogen) atoms. The molecule has 0 unspecified atom stereocenters. The second-order valence-electron chi connectivity index (χ2n) is 5.85. The topological polar surface area (TPSA) is 26.0 Å². The molecule has 0 bridgehead atoms. The lowest BCUT2D eigenvalue weighted by molar-refractivity contribution is 0.215. The van der Waals surface area contributed by atoms with Gasteiger partial charge in [-0.1, -0.05) is 49.8 Å². The summed E-state index contributed by atoms with van der Waals surface area (Å²) in [6, 6.07) is 4.93. The van der Waals surface area contributed by atoms with Gasteiger partial charge >= 0.3 is 0 Å². The van der Waals surface area contributed by atoms with Crippen LogP contribution in [0.4, 0.5) is 4.39 Å². The molecular weight excluding hydrogens is 261 g/mol. The summed E-state index contributed by atoms with van der Waals surface area (Å²) in [4.78, 5) is 0. The minimum absolute atomic E-state index is 0.0340. The van der Waals surface area contributed by atoms with Gasteiger partial charge in [-0.25, -0.2) is 4.39 Å². The number of rotatable bonds is 3. The predicted octanol–water partition coefficient (Wildman–Crippen LogP) is 4.71. The van der Waals surface area contributed by atoms with E-state index >= 15 is 0 Å². The highest BCUT2D eigenvalue weighted by atomic mass is 35.5. The molecule has 1 saturated carbocycles. The van der Waals surface area contributed by atoms with E-state index < -0.39 is 0 Å². The van der Waals surface area contributed by atoms with Gasteiger partial charge in [-0.3, -0.25) is 0 Å². The molecule has 106 valence electrons. The van der Waals surface area contributed by atoms with Crippen LogP contribution in [0.1, 0.15) is 50.5 Å². The molecule has 1 fully saturated rings. The third-order valence-electron chi connectivity index (χ3n) is 4.46. The van der Waals surface area contributed by atoms with Crippen molar-refractivity contribution in [1.29, 1.82) is 0 Å². The first kappa shape index (κ1) is 14.8. The van der Waals surface area contributed by atoms with Crippen molar-refractivity contribution in [2.45, 2.75) is 51.4 Å². The number of nitrogens with two attached hydrogens (primary N) is 1. The molecule has 1 aromatic rings. The summed E-state index contributed by atoms with van der Waals surface area (Å²) in [5.41, 5.74) is 6.72. The monoisotopic (exact) mass is 283 g/mol. The fraction of sp³-hybridized carbons (Fsp3) is 0.625. The molecule has 1 aromatic carbocycles. The molecule has 1 aliphatic carbocycles. The summed E-state index contributed by atoms with van der Waals surface area (Å²) < 4.78 is 14.0. The first-order valence-electron chi connectivity index (χ1n) is 7.30. The Labute approximate surface area is 120 Å². The van der Waals surface area contributed by atoms with Crippen LogP contribution < -0.4 is 5.73 Å². The van der Waals surface area contributed by atoms with E-state index in [-0.39, 0.29) is 11.2 Å². The summed E-state index contributed by atoms with van der Waals surface area (Å²) in [6.45, 7) is 0.623. The van der Waals surface area contributed by atoms with Crippen molar-refractivity contribution >= 4 is 11.6 Å². The zero-order valence-corrected chi connectivity index (χ0v) is 12.2. The van der Waals surface area contributed by atoms with Gasteiger partial charge in [-0.15, -0.1) is 0 Å². The summed E-state index contributed by atoms with van der Waals surface area (Å²) in [7, 11) is 0. The molecular formula is C16H23ClFN. The Morgan fingerprint density at radius 1 is 1.11 bits per heavy atom. The van der Waals surface area contributed by atoms with E-state index in [0.717, 1.165) is 12.8 Å². The second-order valence-corrected chi connectivity index (χ2v) is 6.26. The van der Waals surface area contributed by atoms with E-state index in [0.29, 0.717) is 23.6 Å².